The van der Waals surface area contributed by atoms with Crippen LogP contribution in [-0.2, 0) is 20.2 Å². The third-order valence-electron chi connectivity index (χ3n) is 7.16. The monoisotopic (exact) mass is 588 g/mol. The third kappa shape index (κ3) is 6.55. The molecule has 1 aliphatic rings. The number of piperidine rings is 1. The summed E-state index contributed by atoms with van der Waals surface area (Å²) < 4.78 is 52.4. The van der Waals surface area contributed by atoms with E-state index in [4.69, 9.17) is 22.2 Å². The minimum Gasteiger partial charge on any atom is -0.473 e. The molecule has 3 N–H and O–H groups in total. The molecule has 1 amide bonds. The first-order chi connectivity index (χ1) is 19.7. The van der Waals surface area contributed by atoms with Crippen LogP contribution in [0.5, 0.6) is 11.6 Å². The second-order valence-corrected chi connectivity index (χ2v) is 10.2. The minimum absolute atomic E-state index is 0.0401. The zero-order valence-corrected chi connectivity index (χ0v) is 22.9. The third-order valence-corrected chi connectivity index (χ3v) is 7.40. The van der Waals surface area contributed by atoms with Crippen molar-refractivity contribution in [1.29, 1.82) is 0 Å². The number of benzene rings is 2. The van der Waals surface area contributed by atoms with Crippen LogP contribution in [0.2, 0.25) is 5.02 Å². The molecular formula is C28H28ClF3N6O3. The van der Waals surface area contributed by atoms with Gasteiger partial charge in [0.05, 0.1) is 12.1 Å². The molecule has 0 saturated carbocycles. The van der Waals surface area contributed by atoms with Crippen LogP contribution in [0, 0.1) is 5.82 Å². The Balaban J connectivity index is 1.24. The lowest BCUT2D eigenvalue weighted by Gasteiger charge is -2.31. The number of hydrogen-bond acceptors (Lipinski definition) is 7. The van der Waals surface area contributed by atoms with Crippen molar-refractivity contribution in [2.45, 2.75) is 38.5 Å². The zero-order valence-electron chi connectivity index (χ0n) is 22.1. The van der Waals surface area contributed by atoms with Crippen LogP contribution >= 0.6 is 11.6 Å². The highest BCUT2D eigenvalue weighted by Crippen LogP contribution is 2.32. The summed E-state index contributed by atoms with van der Waals surface area (Å²) in [7, 11) is 1.76. The number of rotatable bonds is 9. The van der Waals surface area contributed by atoms with Gasteiger partial charge in [-0.3, -0.25) is 15.1 Å². The highest BCUT2D eigenvalue weighted by atomic mass is 35.5. The standard InChI is InChI=1S/C28H28ClF3N6O3/c1-37-22-11-18(27(39)36-33)12-23(41-28(31)32)26(22)35-24(37)14-38-9-7-16(8-10-38)21-3-2-4-25(34-21)40-15-17-5-6-19(29)13-20(17)30/h2-6,11-13,16,28H,7-10,14-15,33H2,1H3,(H,36,39). The van der Waals surface area contributed by atoms with E-state index in [1.807, 2.05) is 17.6 Å². The fourth-order valence-corrected chi connectivity index (χ4v) is 5.12. The SMILES string of the molecule is Cn1c(CN2CCC(c3cccc(OCc4ccc(Cl)cc4F)n3)CC2)nc2c(OC(F)F)cc(C(=O)NN)cc21. The topological polar surface area (TPSA) is 108 Å². The van der Waals surface area contributed by atoms with Crippen LogP contribution in [0.1, 0.15) is 46.2 Å². The average Bonchev–Trinajstić information content (AvgIpc) is 3.27. The second-order valence-electron chi connectivity index (χ2n) is 9.76. The van der Waals surface area contributed by atoms with E-state index >= 15 is 0 Å². The molecule has 2 aromatic heterocycles. The van der Waals surface area contributed by atoms with E-state index in [9.17, 15) is 18.0 Å². The number of alkyl halides is 2. The number of ether oxygens (including phenoxy) is 2. The van der Waals surface area contributed by atoms with Gasteiger partial charge in [-0.25, -0.2) is 20.2 Å². The van der Waals surface area contributed by atoms with Crippen LogP contribution in [0.4, 0.5) is 13.2 Å². The predicted molar refractivity (Wildman–Crippen MR) is 146 cm³/mol. The maximum absolute atomic E-state index is 14.1. The lowest BCUT2D eigenvalue weighted by molar-refractivity contribution is -0.0489. The van der Waals surface area contributed by atoms with Gasteiger partial charge in [0, 0.05) is 40.9 Å². The van der Waals surface area contributed by atoms with Gasteiger partial charge in [-0.05, 0) is 56.3 Å². The summed E-state index contributed by atoms with van der Waals surface area (Å²) in [5.41, 5.74) is 4.11. The number of carbonyl (C=O) groups excluding carboxylic acids is 1. The van der Waals surface area contributed by atoms with E-state index in [2.05, 4.69) is 19.6 Å². The smallest absolute Gasteiger partial charge is 0.387 e. The summed E-state index contributed by atoms with van der Waals surface area (Å²) in [5, 5.41) is 0.324. The first-order valence-corrected chi connectivity index (χ1v) is 13.3. The normalized spacial score (nSPS) is 14.5. The summed E-state index contributed by atoms with van der Waals surface area (Å²) in [6.07, 6.45) is 1.68. The summed E-state index contributed by atoms with van der Waals surface area (Å²) in [4.78, 5) is 23.5. The van der Waals surface area contributed by atoms with E-state index < -0.39 is 18.3 Å². The molecule has 5 rings (SSSR count). The van der Waals surface area contributed by atoms with E-state index in [0.29, 0.717) is 34.4 Å². The molecule has 1 fully saturated rings. The fourth-order valence-electron chi connectivity index (χ4n) is 4.96. The molecule has 0 spiro atoms. The first-order valence-electron chi connectivity index (χ1n) is 12.9. The molecule has 0 atom stereocenters. The molecule has 4 aromatic rings. The van der Waals surface area contributed by atoms with Crippen molar-refractivity contribution in [2.24, 2.45) is 12.9 Å². The Hall–Kier alpha value is -3.87. The molecule has 9 nitrogen and oxygen atoms in total. The van der Waals surface area contributed by atoms with Gasteiger partial charge in [-0.1, -0.05) is 23.7 Å². The quantitative estimate of drug-likeness (QED) is 0.162. The van der Waals surface area contributed by atoms with E-state index in [-0.39, 0.29) is 29.4 Å². The average molecular weight is 589 g/mol. The number of hydrazine groups is 1. The van der Waals surface area contributed by atoms with Crippen LogP contribution in [0.25, 0.3) is 11.0 Å². The van der Waals surface area contributed by atoms with Gasteiger partial charge in [-0.15, -0.1) is 0 Å². The summed E-state index contributed by atoms with van der Waals surface area (Å²) in [5.74, 6) is 5.26. The van der Waals surface area contributed by atoms with Gasteiger partial charge in [0.15, 0.2) is 5.75 Å². The molecule has 1 saturated heterocycles. The van der Waals surface area contributed by atoms with Gasteiger partial charge in [0.2, 0.25) is 5.88 Å². The van der Waals surface area contributed by atoms with E-state index in [1.54, 1.807) is 35.9 Å². The number of carbonyl (C=O) groups is 1. The number of aryl methyl sites for hydroxylation is 1. The van der Waals surface area contributed by atoms with E-state index in [1.165, 1.54) is 12.1 Å². The number of nitrogens with one attached hydrogen (secondary N) is 1. The Bertz CT molecular complexity index is 1560. The van der Waals surface area contributed by atoms with Crippen LogP contribution in [0.15, 0.2) is 48.5 Å². The minimum atomic E-state index is -3.07. The van der Waals surface area contributed by atoms with Gasteiger partial charge >= 0.3 is 6.61 Å². The molecule has 0 unspecified atom stereocenters. The molecular weight excluding hydrogens is 561 g/mol. The number of imidazole rings is 1. The number of fused-ring (bicyclic) bond motifs is 1. The maximum Gasteiger partial charge on any atom is 0.387 e. The van der Waals surface area contributed by atoms with Crippen molar-refractivity contribution in [1.82, 2.24) is 24.9 Å². The highest BCUT2D eigenvalue weighted by Gasteiger charge is 2.25. The molecule has 2 aromatic carbocycles. The number of amides is 1. The van der Waals surface area contributed by atoms with Crippen LogP contribution in [0.3, 0.4) is 0 Å². The molecule has 13 heteroatoms. The number of pyridine rings is 1. The number of nitrogen functional groups attached to an aromatic ring is 1. The summed E-state index contributed by atoms with van der Waals surface area (Å²) in [6, 6.07) is 12.8. The molecule has 216 valence electrons. The van der Waals surface area contributed by atoms with Gasteiger partial charge in [0.25, 0.3) is 5.91 Å². The number of nitrogens with two attached hydrogens (primary N) is 1. The lowest BCUT2D eigenvalue weighted by atomic mass is 9.93. The lowest BCUT2D eigenvalue weighted by Crippen LogP contribution is -2.33. The first kappa shape index (κ1) is 28.7. The largest absolute Gasteiger partial charge is 0.473 e. The Labute approximate surface area is 239 Å². The van der Waals surface area contributed by atoms with Crippen molar-refractivity contribution in [3.05, 3.63) is 82.0 Å². The van der Waals surface area contributed by atoms with Gasteiger partial charge in [0.1, 0.15) is 23.8 Å². The van der Waals surface area contributed by atoms with Crippen molar-refractivity contribution in [3.8, 4) is 11.6 Å². The summed E-state index contributed by atoms with van der Waals surface area (Å²) in [6.45, 7) is -1.03. The molecule has 0 bridgehead atoms. The molecule has 3 heterocycles. The van der Waals surface area contributed by atoms with Crippen molar-refractivity contribution in [3.63, 3.8) is 0 Å². The number of aromatic nitrogens is 3. The predicted octanol–water partition coefficient (Wildman–Crippen LogP) is 4.92. The number of hydrogen-bond donors (Lipinski definition) is 2. The van der Waals surface area contributed by atoms with Crippen molar-refractivity contribution < 1.29 is 27.4 Å². The number of halogens is 4. The second kappa shape index (κ2) is 12.3. The van der Waals surface area contributed by atoms with Gasteiger partial charge < -0.3 is 14.0 Å². The Kier molecular flexibility index (Phi) is 8.62. The van der Waals surface area contributed by atoms with Crippen LogP contribution < -0.4 is 20.7 Å². The Morgan fingerprint density at radius 1 is 1.17 bits per heavy atom. The van der Waals surface area contributed by atoms with E-state index in [0.717, 1.165) is 31.6 Å². The summed E-state index contributed by atoms with van der Waals surface area (Å²) >= 11 is 5.82. The zero-order chi connectivity index (χ0) is 29.1. The molecule has 0 aliphatic carbocycles. The maximum atomic E-state index is 14.1. The fraction of sp³-hybridized carbons (Fsp3) is 0.321. The van der Waals surface area contributed by atoms with Crippen LogP contribution in [-0.4, -0.2) is 45.0 Å². The van der Waals surface area contributed by atoms with Crippen molar-refractivity contribution >= 4 is 28.5 Å². The van der Waals surface area contributed by atoms with Crippen molar-refractivity contribution in [2.75, 3.05) is 13.1 Å². The number of nitrogens with zero attached hydrogens (tertiary/aromatic N) is 4. The molecule has 1 aliphatic heterocycles. The Morgan fingerprint density at radius 2 is 1.95 bits per heavy atom. The van der Waals surface area contributed by atoms with Gasteiger partial charge in [-0.2, -0.15) is 8.78 Å². The molecule has 41 heavy (non-hydrogen) atoms. The Morgan fingerprint density at radius 3 is 2.66 bits per heavy atom. The highest BCUT2D eigenvalue weighted by molar-refractivity contribution is 6.30. The number of likely N-dealkylation sites (tertiary alicyclic amines) is 1. The molecule has 0 radical (unpaired) electrons.